The third kappa shape index (κ3) is 4.42. The molecule has 0 aliphatic heterocycles. The molecule has 0 bridgehead atoms. The van der Waals surface area contributed by atoms with E-state index >= 15 is 0 Å². The summed E-state index contributed by atoms with van der Waals surface area (Å²) in [5.41, 5.74) is 0. The van der Waals surface area contributed by atoms with E-state index in [2.05, 4.69) is 36.4 Å². The molecule has 0 saturated carbocycles. The van der Waals surface area contributed by atoms with Gasteiger partial charge in [0.1, 0.15) is 0 Å². The predicted molar refractivity (Wildman–Crippen MR) is 87.9 cm³/mol. The van der Waals surface area contributed by atoms with E-state index < -0.39 is 7.92 Å². The van der Waals surface area contributed by atoms with E-state index in [0.717, 1.165) is 6.16 Å². The molecular weight excluding hydrogens is 275 g/mol. The summed E-state index contributed by atoms with van der Waals surface area (Å²) >= 11 is 0. The van der Waals surface area contributed by atoms with Gasteiger partial charge in [-0.2, -0.15) is 10.5 Å². The van der Waals surface area contributed by atoms with Crippen LogP contribution in [0.5, 0.6) is 0 Å². The standard InChI is InChI=1S/C18H17N2P/c19-13-7-8-16(14-20)15-21(17-9-3-1-4-10-17)18-11-5-2-6-12-18/h1-6,9-12,16H,7-8,15H2. The third-order valence-electron chi connectivity index (χ3n) is 3.33. The van der Waals surface area contributed by atoms with E-state index in [0.29, 0.717) is 12.8 Å². The van der Waals surface area contributed by atoms with E-state index in [1.165, 1.54) is 10.6 Å². The molecule has 0 radical (unpaired) electrons. The van der Waals surface area contributed by atoms with Crippen LogP contribution in [0.3, 0.4) is 0 Å². The molecule has 2 aromatic rings. The van der Waals surface area contributed by atoms with Gasteiger partial charge in [0.05, 0.1) is 18.1 Å². The van der Waals surface area contributed by atoms with E-state index in [-0.39, 0.29) is 5.92 Å². The number of nitriles is 2. The quantitative estimate of drug-likeness (QED) is 0.764. The Kier molecular flexibility index (Phi) is 5.96. The summed E-state index contributed by atoms with van der Waals surface area (Å²) in [6.07, 6.45) is 1.93. The fourth-order valence-corrected chi connectivity index (χ4v) is 4.72. The molecule has 0 amide bonds. The van der Waals surface area contributed by atoms with Crippen molar-refractivity contribution < 1.29 is 0 Å². The first-order chi connectivity index (χ1) is 10.3. The highest BCUT2D eigenvalue weighted by molar-refractivity contribution is 7.73. The molecule has 0 aliphatic carbocycles. The zero-order valence-corrected chi connectivity index (χ0v) is 12.7. The van der Waals surface area contributed by atoms with Crippen molar-refractivity contribution in [2.45, 2.75) is 12.8 Å². The summed E-state index contributed by atoms with van der Waals surface area (Å²) in [5.74, 6) is -0.0591. The Morgan fingerprint density at radius 2 is 1.38 bits per heavy atom. The molecule has 21 heavy (non-hydrogen) atoms. The molecule has 0 aromatic heterocycles. The van der Waals surface area contributed by atoms with Crippen molar-refractivity contribution in [2.75, 3.05) is 6.16 Å². The van der Waals surface area contributed by atoms with Crippen LogP contribution in [0.15, 0.2) is 60.7 Å². The van der Waals surface area contributed by atoms with E-state index in [4.69, 9.17) is 5.26 Å². The first-order valence-corrected chi connectivity index (χ1v) is 8.52. The maximum Gasteiger partial charge on any atom is 0.0660 e. The van der Waals surface area contributed by atoms with E-state index in [1.807, 2.05) is 36.4 Å². The monoisotopic (exact) mass is 292 g/mol. The number of hydrogen-bond acceptors (Lipinski definition) is 2. The maximum absolute atomic E-state index is 9.35. The van der Waals surface area contributed by atoms with Gasteiger partial charge in [0.2, 0.25) is 0 Å². The van der Waals surface area contributed by atoms with Crippen LogP contribution in [0, 0.1) is 28.6 Å². The summed E-state index contributed by atoms with van der Waals surface area (Å²) in [5, 5.41) is 20.6. The van der Waals surface area contributed by atoms with E-state index in [9.17, 15) is 5.26 Å². The Balaban J connectivity index is 2.25. The maximum atomic E-state index is 9.35. The third-order valence-corrected chi connectivity index (χ3v) is 5.97. The highest BCUT2D eigenvalue weighted by Gasteiger charge is 2.19. The van der Waals surface area contributed by atoms with Crippen molar-refractivity contribution in [1.29, 1.82) is 10.5 Å². The molecule has 104 valence electrons. The highest BCUT2D eigenvalue weighted by atomic mass is 31.1. The van der Waals surface area contributed by atoms with Crippen LogP contribution in [0.1, 0.15) is 12.8 Å². The molecule has 0 N–H and O–H groups in total. The van der Waals surface area contributed by atoms with Crippen molar-refractivity contribution >= 4 is 18.5 Å². The zero-order valence-electron chi connectivity index (χ0n) is 11.8. The lowest BCUT2D eigenvalue weighted by molar-refractivity contribution is 0.683. The van der Waals surface area contributed by atoms with Gasteiger partial charge in [-0.3, -0.25) is 0 Å². The summed E-state index contributed by atoms with van der Waals surface area (Å²) < 4.78 is 0. The molecule has 0 fully saturated rings. The van der Waals surface area contributed by atoms with Gasteiger partial charge >= 0.3 is 0 Å². The largest absolute Gasteiger partial charge is 0.198 e. The summed E-state index contributed by atoms with van der Waals surface area (Å²) in [4.78, 5) is 0. The number of nitrogens with zero attached hydrogens (tertiary/aromatic N) is 2. The van der Waals surface area contributed by atoms with Crippen LogP contribution >= 0.6 is 7.92 Å². The average molecular weight is 292 g/mol. The Hall–Kier alpha value is -2.15. The van der Waals surface area contributed by atoms with Gasteiger partial charge < -0.3 is 0 Å². The molecule has 0 spiro atoms. The Morgan fingerprint density at radius 1 is 0.857 bits per heavy atom. The molecule has 2 aromatic carbocycles. The Labute approximate surface area is 127 Å². The molecule has 2 rings (SSSR count). The second-order valence-electron chi connectivity index (χ2n) is 4.80. The van der Waals surface area contributed by atoms with Crippen molar-refractivity contribution in [1.82, 2.24) is 0 Å². The predicted octanol–water partition coefficient (Wildman–Crippen LogP) is 3.56. The van der Waals surface area contributed by atoms with Crippen molar-refractivity contribution in [3.8, 4) is 12.1 Å². The van der Waals surface area contributed by atoms with Gasteiger partial charge in [-0.05, 0) is 31.1 Å². The highest BCUT2D eigenvalue weighted by Crippen LogP contribution is 2.36. The molecule has 0 aliphatic rings. The normalized spacial score (nSPS) is 11.6. The molecular formula is C18H17N2P. The zero-order chi connectivity index (χ0) is 14.9. The average Bonchev–Trinajstić information content (AvgIpc) is 2.57. The Bertz CT molecular complexity index is 586. The van der Waals surface area contributed by atoms with Crippen LogP contribution < -0.4 is 10.6 Å². The number of hydrogen-bond donors (Lipinski definition) is 0. The van der Waals surface area contributed by atoms with Gasteiger partial charge in [0.25, 0.3) is 0 Å². The molecule has 0 heterocycles. The minimum atomic E-state index is -0.545. The molecule has 0 saturated heterocycles. The lowest BCUT2D eigenvalue weighted by Crippen LogP contribution is -2.17. The van der Waals surface area contributed by atoms with E-state index in [1.54, 1.807) is 0 Å². The minimum Gasteiger partial charge on any atom is -0.198 e. The fourth-order valence-electron chi connectivity index (χ4n) is 2.23. The lowest BCUT2D eigenvalue weighted by atomic mass is 10.1. The second-order valence-corrected chi connectivity index (χ2v) is 7.06. The van der Waals surface area contributed by atoms with Crippen molar-refractivity contribution in [2.24, 2.45) is 5.92 Å². The molecule has 1 atom stereocenters. The Morgan fingerprint density at radius 3 is 1.81 bits per heavy atom. The molecule has 2 nitrogen and oxygen atoms in total. The molecule has 1 unspecified atom stereocenters. The topological polar surface area (TPSA) is 47.6 Å². The lowest BCUT2D eigenvalue weighted by Gasteiger charge is -2.21. The van der Waals surface area contributed by atoms with Crippen molar-refractivity contribution in [3.05, 3.63) is 60.7 Å². The first-order valence-electron chi connectivity index (χ1n) is 6.99. The van der Waals surface area contributed by atoms with Crippen LogP contribution in [0.25, 0.3) is 0 Å². The number of rotatable bonds is 6. The second kappa shape index (κ2) is 8.21. The molecule has 3 heteroatoms. The van der Waals surface area contributed by atoms with Gasteiger partial charge in [-0.1, -0.05) is 60.7 Å². The van der Waals surface area contributed by atoms with Gasteiger partial charge in [-0.25, -0.2) is 0 Å². The van der Waals surface area contributed by atoms with Crippen LogP contribution in [-0.2, 0) is 0 Å². The fraction of sp³-hybridized carbons (Fsp3) is 0.222. The number of benzene rings is 2. The smallest absolute Gasteiger partial charge is 0.0660 e. The van der Waals surface area contributed by atoms with Crippen molar-refractivity contribution in [3.63, 3.8) is 0 Å². The van der Waals surface area contributed by atoms with Crippen LogP contribution in [0.4, 0.5) is 0 Å². The minimum absolute atomic E-state index is 0.0591. The van der Waals surface area contributed by atoms with Gasteiger partial charge in [0, 0.05) is 6.42 Å². The SMILES string of the molecule is N#CCCC(C#N)CP(c1ccccc1)c1ccccc1. The van der Waals surface area contributed by atoms with Crippen LogP contribution in [0.2, 0.25) is 0 Å². The van der Waals surface area contributed by atoms with Gasteiger partial charge in [0.15, 0.2) is 0 Å². The van der Waals surface area contributed by atoms with Gasteiger partial charge in [-0.15, -0.1) is 0 Å². The summed E-state index contributed by atoms with van der Waals surface area (Å²) in [6, 6.07) is 25.3. The summed E-state index contributed by atoms with van der Waals surface area (Å²) in [6.45, 7) is 0. The van der Waals surface area contributed by atoms with Crippen LogP contribution in [-0.4, -0.2) is 6.16 Å². The summed E-state index contributed by atoms with van der Waals surface area (Å²) in [7, 11) is -0.545. The first kappa shape index (κ1) is 15.2.